The van der Waals surface area contributed by atoms with Crippen molar-refractivity contribution in [3.63, 3.8) is 0 Å². The maximum Gasteiger partial charge on any atom is 0.416 e. The zero-order chi connectivity index (χ0) is 15.5. The van der Waals surface area contributed by atoms with Gasteiger partial charge in [-0.25, -0.2) is 4.79 Å². The van der Waals surface area contributed by atoms with Crippen LogP contribution in [-0.4, -0.2) is 41.9 Å². The highest BCUT2D eigenvalue weighted by Crippen LogP contribution is 2.23. The molecule has 20 heavy (non-hydrogen) atoms. The van der Waals surface area contributed by atoms with Crippen molar-refractivity contribution < 1.29 is 23.1 Å². The smallest absolute Gasteiger partial charge is 0.382 e. The van der Waals surface area contributed by atoms with Crippen LogP contribution in [0.25, 0.3) is 0 Å². The molecule has 1 aromatic carbocycles. The summed E-state index contributed by atoms with van der Waals surface area (Å²) in [5.41, 5.74) is 0.237. The van der Waals surface area contributed by atoms with Crippen molar-refractivity contribution in [3.05, 3.63) is 28.2 Å². The van der Waals surface area contributed by atoms with E-state index in [2.05, 4.69) is 5.32 Å². The molecular weight excluding hydrogens is 320 g/mol. The van der Waals surface area contributed by atoms with Crippen molar-refractivity contribution in [2.75, 3.05) is 18.9 Å². The van der Waals surface area contributed by atoms with E-state index in [1.54, 1.807) is 0 Å². The van der Waals surface area contributed by atoms with Crippen LogP contribution in [-0.2, 0) is 0 Å². The Kier molecular flexibility index (Phi) is 5.50. The number of carbonyl (C=O) groups is 1. The van der Waals surface area contributed by atoms with Gasteiger partial charge in [-0.15, -0.1) is 0 Å². The fraction of sp³-hybridized carbons (Fsp3) is 0.364. The number of hydrogen-bond acceptors (Lipinski definition) is 2. The van der Waals surface area contributed by atoms with Crippen LogP contribution in [0.4, 0.5) is 23.7 Å². The van der Waals surface area contributed by atoms with Crippen LogP contribution in [0.2, 0.25) is 10.0 Å². The molecule has 1 unspecified atom stereocenters. The second-order valence-corrected chi connectivity index (χ2v) is 4.90. The van der Waals surface area contributed by atoms with Gasteiger partial charge in [0.2, 0.25) is 0 Å². The molecule has 0 saturated heterocycles. The van der Waals surface area contributed by atoms with Gasteiger partial charge in [0.1, 0.15) is 0 Å². The van der Waals surface area contributed by atoms with Crippen molar-refractivity contribution in [1.29, 1.82) is 0 Å². The molecule has 0 aliphatic rings. The zero-order valence-electron chi connectivity index (χ0n) is 10.2. The number of nitrogens with one attached hydrogen (secondary N) is 1. The molecule has 0 aromatic heterocycles. The van der Waals surface area contributed by atoms with Crippen molar-refractivity contribution in [1.82, 2.24) is 4.90 Å². The van der Waals surface area contributed by atoms with Crippen molar-refractivity contribution in [2.45, 2.75) is 12.3 Å². The van der Waals surface area contributed by atoms with E-state index in [9.17, 15) is 18.0 Å². The molecule has 1 atom stereocenters. The van der Waals surface area contributed by atoms with E-state index in [4.69, 9.17) is 28.3 Å². The van der Waals surface area contributed by atoms with E-state index < -0.39 is 24.9 Å². The Morgan fingerprint density at radius 1 is 1.35 bits per heavy atom. The van der Waals surface area contributed by atoms with Crippen molar-refractivity contribution in [2.24, 2.45) is 0 Å². The summed E-state index contributed by atoms with van der Waals surface area (Å²) in [5.74, 6) is 0. The van der Waals surface area contributed by atoms with Gasteiger partial charge >= 0.3 is 12.2 Å². The molecule has 0 aliphatic carbocycles. The minimum Gasteiger partial charge on any atom is -0.382 e. The predicted molar refractivity (Wildman–Crippen MR) is 70.2 cm³/mol. The molecule has 0 aliphatic heterocycles. The van der Waals surface area contributed by atoms with Crippen molar-refractivity contribution in [3.8, 4) is 0 Å². The van der Waals surface area contributed by atoms with Gasteiger partial charge in [0, 0.05) is 22.8 Å². The second-order valence-electron chi connectivity index (χ2n) is 4.03. The Morgan fingerprint density at radius 3 is 2.30 bits per heavy atom. The standard InChI is InChI=1S/C11H11Cl2F3N2O2/c1-18(5-9(19)11(14,15)16)10(20)17-8-3-6(12)2-7(13)4-8/h2-4,9,19H,5H2,1H3,(H,17,20). The third-order valence-corrected chi connectivity index (χ3v) is 2.72. The van der Waals surface area contributed by atoms with Gasteiger partial charge in [0.05, 0.1) is 6.54 Å². The molecule has 0 heterocycles. The average Bonchev–Trinajstić information content (AvgIpc) is 2.25. The van der Waals surface area contributed by atoms with E-state index in [0.29, 0.717) is 4.90 Å². The summed E-state index contributed by atoms with van der Waals surface area (Å²) in [6.45, 7) is -0.885. The topological polar surface area (TPSA) is 52.6 Å². The highest BCUT2D eigenvalue weighted by Gasteiger charge is 2.39. The van der Waals surface area contributed by atoms with Crippen LogP contribution in [0, 0.1) is 0 Å². The summed E-state index contributed by atoms with van der Waals surface area (Å²) >= 11 is 11.4. The van der Waals surface area contributed by atoms with Gasteiger partial charge in [-0.1, -0.05) is 23.2 Å². The van der Waals surface area contributed by atoms with E-state index in [-0.39, 0.29) is 15.7 Å². The summed E-state index contributed by atoms with van der Waals surface area (Å²) in [7, 11) is 1.12. The number of hydrogen-bond donors (Lipinski definition) is 2. The maximum absolute atomic E-state index is 12.2. The first kappa shape index (κ1) is 16.9. The van der Waals surface area contributed by atoms with Gasteiger partial charge < -0.3 is 15.3 Å². The summed E-state index contributed by atoms with van der Waals surface area (Å²) < 4.78 is 36.5. The van der Waals surface area contributed by atoms with Crippen LogP contribution >= 0.6 is 23.2 Å². The Balaban J connectivity index is 2.66. The number of aliphatic hydroxyl groups excluding tert-OH is 1. The predicted octanol–water partition coefficient (Wildman–Crippen LogP) is 3.38. The number of alkyl halides is 3. The molecular formula is C11H11Cl2F3N2O2. The first-order valence-electron chi connectivity index (χ1n) is 5.32. The lowest BCUT2D eigenvalue weighted by atomic mass is 10.3. The Hall–Kier alpha value is -1.18. The number of rotatable bonds is 3. The summed E-state index contributed by atoms with van der Waals surface area (Å²) in [6, 6.07) is 3.39. The maximum atomic E-state index is 12.2. The first-order chi connectivity index (χ1) is 9.09. The number of halogens is 5. The van der Waals surface area contributed by atoms with Gasteiger partial charge in [0.25, 0.3) is 0 Å². The van der Waals surface area contributed by atoms with Crippen molar-refractivity contribution >= 4 is 34.9 Å². The highest BCUT2D eigenvalue weighted by molar-refractivity contribution is 6.35. The van der Waals surface area contributed by atoms with Crippen LogP contribution in [0.3, 0.4) is 0 Å². The molecule has 0 radical (unpaired) electrons. The molecule has 0 fully saturated rings. The molecule has 2 amide bonds. The van der Waals surface area contributed by atoms with Gasteiger partial charge in [-0.3, -0.25) is 0 Å². The minimum atomic E-state index is -4.78. The molecule has 0 spiro atoms. The second kappa shape index (κ2) is 6.51. The van der Waals surface area contributed by atoms with E-state index in [0.717, 1.165) is 7.05 Å². The number of likely N-dealkylation sites (N-methyl/N-ethyl adjacent to an activating group) is 1. The number of aliphatic hydroxyl groups is 1. The SMILES string of the molecule is CN(CC(O)C(F)(F)F)C(=O)Nc1cc(Cl)cc(Cl)c1. The number of urea groups is 1. The molecule has 1 rings (SSSR count). The lowest BCUT2D eigenvalue weighted by Crippen LogP contribution is -2.43. The first-order valence-corrected chi connectivity index (χ1v) is 6.08. The molecule has 2 N–H and O–H groups in total. The number of benzene rings is 1. The highest BCUT2D eigenvalue weighted by atomic mass is 35.5. The minimum absolute atomic E-state index is 0.237. The van der Waals surface area contributed by atoms with E-state index in [1.807, 2.05) is 0 Å². The number of nitrogens with zero attached hydrogens (tertiary/aromatic N) is 1. The lowest BCUT2D eigenvalue weighted by molar-refractivity contribution is -0.205. The van der Waals surface area contributed by atoms with E-state index in [1.165, 1.54) is 18.2 Å². The number of amides is 2. The molecule has 0 saturated carbocycles. The monoisotopic (exact) mass is 330 g/mol. The van der Waals surface area contributed by atoms with Crippen LogP contribution in [0.15, 0.2) is 18.2 Å². The summed E-state index contributed by atoms with van der Waals surface area (Å²) in [5, 5.41) is 11.7. The van der Waals surface area contributed by atoms with Crippen LogP contribution in [0.1, 0.15) is 0 Å². The van der Waals surface area contributed by atoms with Crippen LogP contribution in [0.5, 0.6) is 0 Å². The number of carbonyl (C=O) groups excluding carboxylic acids is 1. The lowest BCUT2D eigenvalue weighted by Gasteiger charge is -2.22. The summed E-state index contributed by atoms with van der Waals surface area (Å²) in [4.78, 5) is 12.3. The quantitative estimate of drug-likeness (QED) is 0.892. The Labute approximate surface area is 123 Å². The summed E-state index contributed by atoms with van der Waals surface area (Å²) in [6.07, 6.45) is -7.39. The molecule has 1 aromatic rings. The normalized spacial score (nSPS) is 12.9. The molecule has 4 nitrogen and oxygen atoms in total. The van der Waals surface area contributed by atoms with E-state index >= 15 is 0 Å². The van der Waals surface area contributed by atoms with Gasteiger partial charge in [-0.2, -0.15) is 13.2 Å². The third-order valence-electron chi connectivity index (χ3n) is 2.29. The zero-order valence-corrected chi connectivity index (χ0v) is 11.7. The Bertz CT molecular complexity index is 477. The van der Waals surface area contributed by atoms with Crippen LogP contribution < -0.4 is 5.32 Å². The largest absolute Gasteiger partial charge is 0.416 e. The molecule has 0 bridgehead atoms. The fourth-order valence-corrected chi connectivity index (χ4v) is 1.82. The third kappa shape index (κ3) is 5.07. The Morgan fingerprint density at radius 2 is 1.85 bits per heavy atom. The number of anilines is 1. The molecule has 112 valence electrons. The fourth-order valence-electron chi connectivity index (χ4n) is 1.29. The molecule has 9 heteroatoms. The van der Waals surface area contributed by atoms with Gasteiger partial charge in [-0.05, 0) is 18.2 Å². The van der Waals surface area contributed by atoms with Gasteiger partial charge in [0.15, 0.2) is 6.10 Å². The average molecular weight is 331 g/mol.